The predicted octanol–water partition coefficient (Wildman–Crippen LogP) is 1.63. The minimum atomic E-state index is -0.106. The second kappa shape index (κ2) is 8.90. The highest BCUT2D eigenvalue weighted by atomic mass is 16.5. The second-order valence-electron chi connectivity index (χ2n) is 6.10. The van der Waals surface area contributed by atoms with Gasteiger partial charge in [0.2, 0.25) is 0 Å². The highest BCUT2D eigenvalue weighted by Gasteiger charge is 2.22. The van der Waals surface area contributed by atoms with Crippen molar-refractivity contribution in [1.82, 2.24) is 10.2 Å². The van der Waals surface area contributed by atoms with Crippen molar-refractivity contribution >= 4 is 0 Å². The monoisotopic (exact) mass is 272 g/mol. The molecule has 0 spiro atoms. The Bertz CT molecular complexity index is 232. The van der Waals surface area contributed by atoms with Gasteiger partial charge in [-0.1, -0.05) is 13.3 Å². The van der Waals surface area contributed by atoms with Gasteiger partial charge in [-0.3, -0.25) is 0 Å². The van der Waals surface area contributed by atoms with E-state index in [0.717, 1.165) is 45.6 Å². The fraction of sp³-hybridized carbons (Fsp3) is 1.00. The van der Waals surface area contributed by atoms with Crippen molar-refractivity contribution in [2.75, 3.05) is 40.0 Å². The van der Waals surface area contributed by atoms with Crippen LogP contribution < -0.4 is 5.32 Å². The van der Waals surface area contributed by atoms with Gasteiger partial charge in [-0.05, 0) is 52.7 Å². The summed E-state index contributed by atoms with van der Waals surface area (Å²) in [4.78, 5) is 2.42. The van der Waals surface area contributed by atoms with Gasteiger partial charge in [-0.2, -0.15) is 0 Å². The molecule has 0 bridgehead atoms. The van der Waals surface area contributed by atoms with E-state index in [1.165, 1.54) is 12.8 Å². The fourth-order valence-electron chi connectivity index (χ4n) is 2.58. The summed E-state index contributed by atoms with van der Waals surface area (Å²) in [5.41, 5.74) is -0.106. The van der Waals surface area contributed by atoms with Crippen molar-refractivity contribution in [3.8, 4) is 0 Å². The summed E-state index contributed by atoms with van der Waals surface area (Å²) in [6, 6.07) is 0.613. The number of hydrogen-bond donors (Lipinski definition) is 2. The van der Waals surface area contributed by atoms with E-state index >= 15 is 0 Å². The maximum Gasteiger partial charge on any atom is 0.0622 e. The van der Waals surface area contributed by atoms with Crippen LogP contribution >= 0.6 is 0 Å². The second-order valence-corrected chi connectivity index (χ2v) is 6.10. The molecule has 4 heteroatoms. The van der Waals surface area contributed by atoms with E-state index in [2.05, 4.69) is 31.1 Å². The molecule has 19 heavy (non-hydrogen) atoms. The third kappa shape index (κ3) is 6.21. The van der Waals surface area contributed by atoms with Crippen LogP contribution in [0.3, 0.4) is 0 Å². The van der Waals surface area contributed by atoms with Gasteiger partial charge in [-0.25, -0.2) is 0 Å². The van der Waals surface area contributed by atoms with Gasteiger partial charge in [0.1, 0.15) is 0 Å². The van der Waals surface area contributed by atoms with E-state index < -0.39 is 0 Å². The smallest absolute Gasteiger partial charge is 0.0622 e. The predicted molar refractivity (Wildman–Crippen MR) is 79.5 cm³/mol. The molecule has 0 aromatic rings. The number of aliphatic hydroxyl groups excluding tert-OH is 1. The summed E-state index contributed by atoms with van der Waals surface area (Å²) in [6.07, 6.45) is 5.67. The Morgan fingerprint density at radius 2 is 2.21 bits per heavy atom. The van der Waals surface area contributed by atoms with Gasteiger partial charge in [0.25, 0.3) is 0 Å². The molecule has 2 unspecified atom stereocenters. The van der Waals surface area contributed by atoms with Crippen LogP contribution in [0.4, 0.5) is 0 Å². The molecule has 0 aromatic heterocycles. The Morgan fingerprint density at radius 1 is 1.42 bits per heavy atom. The Hall–Kier alpha value is -0.160. The summed E-state index contributed by atoms with van der Waals surface area (Å²) in [5, 5.41) is 13.0. The molecule has 2 N–H and O–H groups in total. The van der Waals surface area contributed by atoms with Crippen LogP contribution in [-0.4, -0.2) is 61.5 Å². The molecule has 2 atom stereocenters. The summed E-state index contributed by atoms with van der Waals surface area (Å²) in [6.45, 7) is 8.42. The lowest BCUT2D eigenvalue weighted by Crippen LogP contribution is -2.46. The van der Waals surface area contributed by atoms with Crippen molar-refractivity contribution in [3.05, 3.63) is 0 Å². The van der Waals surface area contributed by atoms with E-state index in [9.17, 15) is 5.11 Å². The number of rotatable bonds is 10. The molecule has 4 nitrogen and oxygen atoms in total. The number of ether oxygens (including phenoxy) is 1. The van der Waals surface area contributed by atoms with Gasteiger partial charge in [-0.15, -0.1) is 0 Å². The lowest BCUT2D eigenvalue weighted by molar-refractivity contribution is 0.150. The molecule has 1 aliphatic heterocycles. The number of nitrogens with one attached hydrogen (secondary N) is 1. The Balaban J connectivity index is 2.13. The van der Waals surface area contributed by atoms with Crippen LogP contribution in [0.25, 0.3) is 0 Å². The van der Waals surface area contributed by atoms with Crippen LogP contribution in [-0.2, 0) is 4.74 Å². The maximum atomic E-state index is 9.50. The van der Waals surface area contributed by atoms with Crippen LogP contribution in [0, 0.1) is 0 Å². The van der Waals surface area contributed by atoms with Crippen LogP contribution in [0.5, 0.6) is 0 Å². The SMILES string of the molecule is CCCNC(C)(CO)CCCCN(C)C1CCOC1. The van der Waals surface area contributed by atoms with E-state index in [1.54, 1.807) is 0 Å². The summed E-state index contributed by atoms with van der Waals surface area (Å²) < 4.78 is 5.42. The molecule has 0 aromatic carbocycles. The average molecular weight is 272 g/mol. The molecule has 1 saturated heterocycles. The maximum absolute atomic E-state index is 9.50. The number of aliphatic hydroxyl groups is 1. The largest absolute Gasteiger partial charge is 0.394 e. The van der Waals surface area contributed by atoms with Crippen molar-refractivity contribution in [3.63, 3.8) is 0 Å². The molecule has 0 radical (unpaired) electrons. The van der Waals surface area contributed by atoms with Gasteiger partial charge < -0.3 is 20.1 Å². The molecule has 1 heterocycles. The zero-order chi connectivity index (χ0) is 14.1. The lowest BCUT2D eigenvalue weighted by Gasteiger charge is -2.29. The molecule has 1 rings (SSSR count). The standard InChI is InChI=1S/C15H32N2O2/c1-4-9-16-15(2,13-18)8-5-6-10-17(3)14-7-11-19-12-14/h14,16,18H,4-13H2,1-3H3. The first kappa shape index (κ1) is 16.9. The fourth-order valence-corrected chi connectivity index (χ4v) is 2.58. The van der Waals surface area contributed by atoms with Gasteiger partial charge in [0, 0.05) is 18.2 Å². The topological polar surface area (TPSA) is 44.7 Å². The molecule has 1 aliphatic rings. The Kier molecular flexibility index (Phi) is 7.91. The Morgan fingerprint density at radius 3 is 2.79 bits per heavy atom. The van der Waals surface area contributed by atoms with E-state index in [1.807, 2.05) is 0 Å². The van der Waals surface area contributed by atoms with Crippen LogP contribution in [0.2, 0.25) is 0 Å². The quantitative estimate of drug-likeness (QED) is 0.593. The third-order valence-electron chi connectivity index (χ3n) is 4.17. The Labute approximate surface area is 118 Å². The minimum Gasteiger partial charge on any atom is -0.394 e. The van der Waals surface area contributed by atoms with Crippen molar-refractivity contribution < 1.29 is 9.84 Å². The molecule has 0 aliphatic carbocycles. The summed E-state index contributed by atoms with van der Waals surface area (Å²) in [5.74, 6) is 0. The van der Waals surface area contributed by atoms with Gasteiger partial charge >= 0.3 is 0 Å². The lowest BCUT2D eigenvalue weighted by atomic mass is 9.95. The van der Waals surface area contributed by atoms with E-state index in [-0.39, 0.29) is 12.1 Å². The normalized spacial score (nSPS) is 22.9. The summed E-state index contributed by atoms with van der Waals surface area (Å²) in [7, 11) is 2.19. The number of unbranched alkanes of at least 4 members (excludes halogenated alkanes) is 1. The number of likely N-dealkylation sites (N-methyl/N-ethyl adjacent to an activating group) is 1. The van der Waals surface area contributed by atoms with Crippen LogP contribution in [0.1, 0.15) is 46.0 Å². The van der Waals surface area contributed by atoms with Gasteiger partial charge in [0.15, 0.2) is 0 Å². The zero-order valence-corrected chi connectivity index (χ0v) is 13.0. The molecular formula is C15H32N2O2. The highest BCUT2D eigenvalue weighted by Crippen LogP contribution is 2.15. The first-order valence-corrected chi connectivity index (χ1v) is 7.75. The first-order valence-electron chi connectivity index (χ1n) is 7.75. The molecule has 1 fully saturated rings. The average Bonchev–Trinajstić information content (AvgIpc) is 2.95. The van der Waals surface area contributed by atoms with Gasteiger partial charge in [0.05, 0.1) is 13.2 Å². The minimum absolute atomic E-state index is 0.106. The van der Waals surface area contributed by atoms with Crippen LogP contribution in [0.15, 0.2) is 0 Å². The van der Waals surface area contributed by atoms with Crippen molar-refractivity contribution in [2.45, 2.75) is 57.5 Å². The molecule has 114 valence electrons. The van der Waals surface area contributed by atoms with E-state index in [0.29, 0.717) is 6.04 Å². The van der Waals surface area contributed by atoms with Crippen molar-refractivity contribution in [1.29, 1.82) is 0 Å². The molecule has 0 amide bonds. The van der Waals surface area contributed by atoms with E-state index in [4.69, 9.17) is 4.74 Å². The van der Waals surface area contributed by atoms with Crippen molar-refractivity contribution in [2.24, 2.45) is 0 Å². The zero-order valence-electron chi connectivity index (χ0n) is 13.0. The first-order chi connectivity index (χ1) is 9.11. The number of hydrogen-bond acceptors (Lipinski definition) is 4. The molecule has 0 saturated carbocycles. The third-order valence-corrected chi connectivity index (χ3v) is 4.17. The highest BCUT2D eigenvalue weighted by molar-refractivity contribution is 4.82. The number of nitrogens with zero attached hydrogens (tertiary/aromatic N) is 1. The summed E-state index contributed by atoms with van der Waals surface area (Å²) >= 11 is 0. The molecular weight excluding hydrogens is 240 g/mol.